The molecule has 0 aliphatic heterocycles. The molecule has 0 saturated carbocycles. The topological polar surface area (TPSA) is 171 Å². The van der Waals surface area contributed by atoms with E-state index in [4.69, 9.17) is 9.47 Å². The molecule has 2 N–H and O–H groups in total. The standard InChI is InChI=1S/C37H36N6O7/c1-2-3-11-27(13-16-32(45)40-22-28-31(15-14-30(44)34(28)46)50-33-12-7-8-19-39-33)43-35(26-9-5-4-6-10-26)41-23-29(36(43)47)42-37(48)49-24-25-17-20-38-21-18-25/h4-10,12,14-15,17-21,23,27H,2-3,11,13,16,22,24H2,1H3,(H,40,45)(H,42,48). The van der Waals surface area contributed by atoms with E-state index in [0.29, 0.717) is 17.8 Å². The largest absolute Gasteiger partial charge is 0.444 e. The fourth-order valence-electron chi connectivity index (χ4n) is 5.26. The highest BCUT2D eigenvalue weighted by Gasteiger charge is 2.27. The number of hydrogen-bond acceptors (Lipinski definition) is 10. The predicted octanol–water partition coefficient (Wildman–Crippen LogP) is 5.12. The quantitative estimate of drug-likeness (QED) is 0.127. The number of amides is 2. The van der Waals surface area contributed by atoms with Gasteiger partial charge in [0.1, 0.15) is 23.9 Å². The minimum Gasteiger partial charge on any atom is -0.444 e. The predicted molar refractivity (Wildman–Crippen MR) is 184 cm³/mol. The number of anilines is 1. The summed E-state index contributed by atoms with van der Waals surface area (Å²) < 4.78 is 12.6. The van der Waals surface area contributed by atoms with Crippen LogP contribution in [0.4, 0.5) is 10.5 Å². The zero-order chi connectivity index (χ0) is 35.3. The second-order valence-corrected chi connectivity index (χ2v) is 11.3. The number of ketones is 2. The Labute approximate surface area is 288 Å². The highest BCUT2D eigenvalue weighted by atomic mass is 16.5. The van der Waals surface area contributed by atoms with Crippen LogP contribution in [0.2, 0.25) is 0 Å². The van der Waals surface area contributed by atoms with E-state index < -0.39 is 35.2 Å². The first-order valence-electron chi connectivity index (χ1n) is 16.2. The molecule has 1 aromatic carbocycles. The highest BCUT2D eigenvalue weighted by molar-refractivity contribution is 6.48. The molecule has 0 fully saturated rings. The molecule has 3 heterocycles. The lowest BCUT2D eigenvalue weighted by atomic mass is 10.00. The van der Waals surface area contributed by atoms with Crippen LogP contribution in [-0.2, 0) is 25.7 Å². The van der Waals surface area contributed by atoms with Crippen molar-refractivity contribution >= 4 is 29.3 Å². The second-order valence-electron chi connectivity index (χ2n) is 11.3. The third-order valence-corrected chi connectivity index (χ3v) is 7.84. The Balaban J connectivity index is 1.34. The maximum Gasteiger partial charge on any atom is 0.412 e. The molecular weight excluding hydrogens is 640 g/mol. The first-order valence-corrected chi connectivity index (χ1v) is 16.2. The number of unbranched alkanes of at least 4 members (excludes halogenated alkanes) is 1. The maximum absolute atomic E-state index is 14.1. The number of aromatic nitrogens is 4. The Morgan fingerprint density at radius 3 is 2.42 bits per heavy atom. The van der Waals surface area contributed by atoms with Crippen LogP contribution in [0.1, 0.15) is 50.6 Å². The Morgan fingerprint density at radius 1 is 0.900 bits per heavy atom. The molecule has 0 bridgehead atoms. The van der Waals surface area contributed by atoms with E-state index in [0.717, 1.165) is 24.5 Å². The summed E-state index contributed by atoms with van der Waals surface area (Å²) in [6.45, 7) is 1.76. The van der Waals surface area contributed by atoms with Gasteiger partial charge in [-0.1, -0.05) is 56.2 Å². The van der Waals surface area contributed by atoms with Gasteiger partial charge in [0.15, 0.2) is 0 Å². The number of nitrogens with one attached hydrogen (secondary N) is 2. The third-order valence-electron chi connectivity index (χ3n) is 7.84. The van der Waals surface area contributed by atoms with Gasteiger partial charge in [-0.15, -0.1) is 0 Å². The first-order chi connectivity index (χ1) is 24.3. The number of Topliss-reactive ketones (excluding diaryl/α,β-unsaturated/α-hetero) is 1. The van der Waals surface area contributed by atoms with E-state index in [-0.39, 0.29) is 48.9 Å². The van der Waals surface area contributed by atoms with Crippen LogP contribution in [0.15, 0.2) is 114 Å². The maximum atomic E-state index is 14.1. The van der Waals surface area contributed by atoms with E-state index >= 15 is 0 Å². The molecule has 13 heteroatoms. The molecule has 3 aromatic heterocycles. The van der Waals surface area contributed by atoms with Gasteiger partial charge in [0.25, 0.3) is 5.56 Å². The molecule has 0 saturated heterocycles. The minimum absolute atomic E-state index is 0.000381. The monoisotopic (exact) mass is 676 g/mol. The van der Waals surface area contributed by atoms with Gasteiger partial charge in [0, 0.05) is 42.7 Å². The fourth-order valence-corrected chi connectivity index (χ4v) is 5.26. The summed E-state index contributed by atoms with van der Waals surface area (Å²) >= 11 is 0. The van der Waals surface area contributed by atoms with Crippen molar-refractivity contribution in [3.05, 3.63) is 125 Å². The molecule has 0 radical (unpaired) electrons. The highest BCUT2D eigenvalue weighted by Crippen LogP contribution is 2.27. The molecule has 1 unspecified atom stereocenters. The lowest BCUT2D eigenvalue weighted by Gasteiger charge is -2.24. The zero-order valence-electron chi connectivity index (χ0n) is 27.4. The summed E-state index contributed by atoms with van der Waals surface area (Å²) in [5.41, 5.74) is 0.841. The number of carbonyl (C=O) groups is 4. The lowest BCUT2D eigenvalue weighted by molar-refractivity contribution is -0.132. The van der Waals surface area contributed by atoms with Crippen LogP contribution in [0.5, 0.6) is 5.88 Å². The Bertz CT molecular complexity index is 1940. The number of carbonyl (C=O) groups excluding carboxylic acids is 4. The molecule has 4 aromatic rings. The number of rotatable bonds is 15. The number of hydrogen-bond donors (Lipinski definition) is 2. The number of pyridine rings is 2. The smallest absolute Gasteiger partial charge is 0.412 e. The summed E-state index contributed by atoms with van der Waals surface area (Å²) in [5, 5.41) is 5.25. The Morgan fingerprint density at radius 2 is 1.68 bits per heavy atom. The van der Waals surface area contributed by atoms with Crippen LogP contribution in [0.3, 0.4) is 0 Å². The molecule has 13 nitrogen and oxygen atoms in total. The van der Waals surface area contributed by atoms with Gasteiger partial charge in [-0.25, -0.2) is 14.8 Å². The molecular formula is C37H36N6O7. The van der Waals surface area contributed by atoms with Crippen molar-refractivity contribution in [3.8, 4) is 17.3 Å². The van der Waals surface area contributed by atoms with E-state index in [1.807, 2.05) is 37.3 Å². The summed E-state index contributed by atoms with van der Waals surface area (Å²) in [4.78, 5) is 77.5. The van der Waals surface area contributed by atoms with Gasteiger partial charge in [0.2, 0.25) is 23.4 Å². The third kappa shape index (κ3) is 9.22. The molecule has 1 aliphatic rings. The molecule has 1 atom stereocenters. The van der Waals surface area contributed by atoms with Gasteiger partial charge >= 0.3 is 6.09 Å². The van der Waals surface area contributed by atoms with Crippen LogP contribution in [0, 0.1) is 0 Å². The van der Waals surface area contributed by atoms with Gasteiger partial charge in [0.05, 0.1) is 18.3 Å². The van der Waals surface area contributed by atoms with Crippen LogP contribution >= 0.6 is 0 Å². The van der Waals surface area contributed by atoms with Crippen molar-refractivity contribution in [2.24, 2.45) is 0 Å². The van der Waals surface area contributed by atoms with Gasteiger partial charge in [-0.2, -0.15) is 0 Å². The summed E-state index contributed by atoms with van der Waals surface area (Å²) in [6.07, 6.45) is 10.0. The molecule has 5 rings (SSSR count). The van der Waals surface area contributed by atoms with Gasteiger partial charge in [-0.3, -0.25) is 34.0 Å². The summed E-state index contributed by atoms with van der Waals surface area (Å²) in [5.74, 6) is -1.19. The van der Waals surface area contributed by atoms with Crippen LogP contribution in [0.25, 0.3) is 11.4 Å². The SMILES string of the molecule is CCCCC(CCC(=O)NCC1=C(Oc2ccccn2)C=CC(=O)C1=O)n1c(-c2ccccc2)ncc(NC(=O)OCc2ccncc2)c1=O. The Hall–Kier alpha value is -6.24. The molecule has 256 valence electrons. The first kappa shape index (κ1) is 35.1. The normalized spacial score (nSPS) is 13.1. The van der Waals surface area contributed by atoms with E-state index in [1.165, 1.54) is 23.0 Å². The van der Waals surface area contributed by atoms with Crippen LogP contribution < -0.4 is 20.9 Å². The molecule has 50 heavy (non-hydrogen) atoms. The van der Waals surface area contributed by atoms with Crippen molar-refractivity contribution in [1.82, 2.24) is 24.8 Å². The van der Waals surface area contributed by atoms with E-state index in [1.54, 1.807) is 42.7 Å². The molecule has 1 aliphatic carbocycles. The van der Waals surface area contributed by atoms with Crippen molar-refractivity contribution < 1.29 is 28.7 Å². The lowest BCUT2D eigenvalue weighted by Crippen LogP contribution is -2.34. The van der Waals surface area contributed by atoms with Gasteiger partial charge in [-0.05, 0) is 48.8 Å². The van der Waals surface area contributed by atoms with Crippen molar-refractivity contribution in [2.75, 3.05) is 11.9 Å². The van der Waals surface area contributed by atoms with Gasteiger partial charge < -0.3 is 14.8 Å². The average Bonchev–Trinajstić information content (AvgIpc) is 3.14. The number of ether oxygens (including phenoxy) is 2. The molecule has 0 spiro atoms. The van der Waals surface area contributed by atoms with E-state index in [9.17, 15) is 24.0 Å². The molecule has 2 amide bonds. The van der Waals surface area contributed by atoms with E-state index in [2.05, 4.69) is 25.6 Å². The zero-order valence-corrected chi connectivity index (χ0v) is 27.4. The van der Waals surface area contributed by atoms with Crippen molar-refractivity contribution in [1.29, 1.82) is 0 Å². The summed E-state index contributed by atoms with van der Waals surface area (Å²) in [7, 11) is 0. The second kappa shape index (κ2) is 17.2. The number of nitrogens with zero attached hydrogens (tertiary/aromatic N) is 4. The minimum atomic E-state index is -0.824. The average molecular weight is 677 g/mol. The Kier molecular flexibility index (Phi) is 12.1. The number of benzene rings is 1. The van der Waals surface area contributed by atoms with Crippen LogP contribution in [-0.4, -0.2) is 49.6 Å². The summed E-state index contributed by atoms with van der Waals surface area (Å²) in [6, 6.07) is 17.1. The fraction of sp³-hybridized carbons (Fsp3) is 0.243. The van der Waals surface area contributed by atoms with Crippen molar-refractivity contribution in [3.63, 3.8) is 0 Å². The number of allylic oxidation sites excluding steroid dienone is 2. The van der Waals surface area contributed by atoms with Crippen molar-refractivity contribution in [2.45, 2.75) is 51.7 Å².